The third-order valence-electron chi connectivity index (χ3n) is 3.46. The predicted molar refractivity (Wildman–Crippen MR) is 101 cm³/mol. The van der Waals surface area contributed by atoms with Gasteiger partial charge >= 0.3 is 12.1 Å². The van der Waals surface area contributed by atoms with Gasteiger partial charge < -0.3 is 20.5 Å². The molecule has 2 aromatic carbocycles. The molecule has 138 valence electrons. The first-order chi connectivity index (χ1) is 12.2. The number of aryl methyl sites for hydroxylation is 2. The van der Waals surface area contributed by atoms with Gasteiger partial charge in [-0.1, -0.05) is 0 Å². The number of benzene rings is 2. The molecule has 0 radical (unpaired) electrons. The Kier molecular flexibility index (Phi) is 6.06. The molecule has 26 heavy (non-hydrogen) atoms. The second kappa shape index (κ2) is 8.24. The Labute approximate surface area is 152 Å². The molecule has 0 spiro atoms. The zero-order valence-corrected chi connectivity index (χ0v) is 15.2. The molecule has 0 heterocycles. The zero-order chi connectivity index (χ0) is 19.3. The van der Waals surface area contributed by atoms with E-state index >= 15 is 0 Å². The molecule has 7 nitrogen and oxygen atoms in total. The van der Waals surface area contributed by atoms with Gasteiger partial charge in [0.05, 0.1) is 0 Å². The first kappa shape index (κ1) is 19.1. The summed E-state index contributed by atoms with van der Waals surface area (Å²) >= 11 is 0. The van der Waals surface area contributed by atoms with Crippen molar-refractivity contribution in [3.05, 3.63) is 47.5 Å². The van der Waals surface area contributed by atoms with Gasteiger partial charge in [-0.25, -0.2) is 9.59 Å². The van der Waals surface area contributed by atoms with Gasteiger partial charge in [-0.05, 0) is 75.2 Å². The lowest BCUT2D eigenvalue weighted by atomic mass is 10.1. The molecule has 2 aromatic rings. The minimum atomic E-state index is -1.11. The number of hydrogen-bond acceptors (Lipinski definition) is 3. The van der Waals surface area contributed by atoms with Crippen LogP contribution in [0.5, 0.6) is 11.5 Å². The van der Waals surface area contributed by atoms with Crippen molar-refractivity contribution in [3.63, 3.8) is 0 Å². The molecule has 7 heteroatoms. The van der Waals surface area contributed by atoms with Crippen molar-refractivity contribution in [1.29, 1.82) is 0 Å². The minimum absolute atomic E-state index is 0.0575. The molecule has 0 unspecified atom stereocenters. The zero-order valence-electron chi connectivity index (χ0n) is 15.2. The van der Waals surface area contributed by atoms with E-state index in [1.165, 1.54) is 0 Å². The van der Waals surface area contributed by atoms with Crippen molar-refractivity contribution in [2.75, 3.05) is 10.6 Å². The van der Waals surface area contributed by atoms with Gasteiger partial charge in [0.15, 0.2) is 0 Å². The van der Waals surface area contributed by atoms with Crippen molar-refractivity contribution < 1.29 is 19.4 Å². The Bertz CT molecular complexity index is 778. The smallest absolute Gasteiger partial charge is 0.409 e. The van der Waals surface area contributed by atoms with Gasteiger partial charge in [-0.15, -0.1) is 0 Å². The third-order valence-corrected chi connectivity index (χ3v) is 3.46. The maximum absolute atomic E-state index is 11.7. The molecule has 2 rings (SSSR count). The summed E-state index contributed by atoms with van der Waals surface area (Å²) in [4.78, 5) is 22.5. The normalized spacial score (nSPS) is 10.3. The second-order valence-electron chi connectivity index (χ2n) is 6.25. The topological polar surface area (TPSA) is 99.7 Å². The van der Waals surface area contributed by atoms with Gasteiger partial charge in [-0.3, -0.25) is 5.32 Å². The Morgan fingerprint density at radius 1 is 0.962 bits per heavy atom. The lowest BCUT2D eigenvalue weighted by Gasteiger charge is -2.14. The van der Waals surface area contributed by atoms with Crippen LogP contribution in [0, 0.1) is 13.8 Å². The fourth-order valence-corrected chi connectivity index (χ4v) is 2.46. The number of ether oxygens (including phenoxy) is 1. The van der Waals surface area contributed by atoms with Gasteiger partial charge in [0.1, 0.15) is 11.5 Å². The van der Waals surface area contributed by atoms with E-state index in [4.69, 9.17) is 9.84 Å². The number of carbonyl (C=O) groups excluding carboxylic acids is 1. The standard InChI is InChI=1S/C19H23N3O4/c1-11(2)20-18(23)21-14-5-7-16(8-6-14)26-17-12(3)9-15(10-13(17)4)22-19(24)25/h5-11,22H,1-4H3,(H,24,25)(H2,20,21,23). The SMILES string of the molecule is Cc1cc(NC(=O)O)cc(C)c1Oc1ccc(NC(=O)NC(C)C)cc1. The molecule has 0 fully saturated rings. The molecular formula is C19H23N3O4. The van der Waals surface area contributed by atoms with E-state index in [0.29, 0.717) is 22.9 Å². The molecule has 3 amide bonds. The lowest BCUT2D eigenvalue weighted by Crippen LogP contribution is -2.34. The van der Waals surface area contributed by atoms with E-state index in [9.17, 15) is 9.59 Å². The first-order valence-corrected chi connectivity index (χ1v) is 8.21. The summed E-state index contributed by atoms with van der Waals surface area (Å²) in [5.74, 6) is 1.28. The fourth-order valence-electron chi connectivity index (χ4n) is 2.46. The van der Waals surface area contributed by atoms with E-state index in [2.05, 4.69) is 16.0 Å². The van der Waals surface area contributed by atoms with Gasteiger partial charge in [0.2, 0.25) is 0 Å². The number of carbonyl (C=O) groups is 2. The third kappa shape index (κ3) is 5.41. The van der Waals surface area contributed by atoms with Crippen LogP contribution in [0.4, 0.5) is 21.0 Å². The molecule has 0 aliphatic carbocycles. The summed E-state index contributed by atoms with van der Waals surface area (Å²) in [6, 6.07) is 10.2. The maximum Gasteiger partial charge on any atom is 0.409 e. The van der Waals surface area contributed by atoms with Crippen LogP contribution in [0.2, 0.25) is 0 Å². The molecule has 0 bridgehead atoms. The van der Waals surface area contributed by atoms with E-state index in [1.807, 2.05) is 27.7 Å². The van der Waals surface area contributed by atoms with Gasteiger partial charge in [0, 0.05) is 17.4 Å². The Balaban J connectivity index is 2.09. The number of carboxylic acid groups (broad SMARTS) is 1. The van der Waals surface area contributed by atoms with Crippen molar-refractivity contribution >= 4 is 23.5 Å². The van der Waals surface area contributed by atoms with Crippen molar-refractivity contribution in [2.45, 2.75) is 33.7 Å². The molecule has 0 aromatic heterocycles. The number of amides is 3. The summed E-state index contributed by atoms with van der Waals surface area (Å²) in [5.41, 5.74) is 2.78. The second-order valence-corrected chi connectivity index (χ2v) is 6.25. The van der Waals surface area contributed by atoms with Crippen molar-refractivity contribution in [2.24, 2.45) is 0 Å². The Morgan fingerprint density at radius 2 is 1.54 bits per heavy atom. The summed E-state index contributed by atoms with van der Waals surface area (Å²) in [7, 11) is 0. The predicted octanol–water partition coefficient (Wildman–Crippen LogP) is 4.72. The molecule has 0 saturated heterocycles. The summed E-state index contributed by atoms with van der Waals surface area (Å²) in [5, 5.41) is 16.6. The summed E-state index contributed by atoms with van der Waals surface area (Å²) < 4.78 is 5.92. The molecule has 0 aliphatic heterocycles. The fraction of sp³-hybridized carbons (Fsp3) is 0.263. The summed E-state index contributed by atoms with van der Waals surface area (Å²) in [6.07, 6.45) is -1.11. The largest absolute Gasteiger partial charge is 0.465 e. The van der Waals surface area contributed by atoms with Crippen LogP contribution in [0.3, 0.4) is 0 Å². The van der Waals surface area contributed by atoms with E-state index in [-0.39, 0.29) is 12.1 Å². The summed E-state index contributed by atoms with van der Waals surface area (Å²) in [6.45, 7) is 7.47. The number of rotatable bonds is 5. The number of anilines is 2. The van der Waals surface area contributed by atoms with Gasteiger partial charge in [-0.2, -0.15) is 0 Å². The minimum Gasteiger partial charge on any atom is -0.465 e. The van der Waals surface area contributed by atoms with Crippen LogP contribution in [-0.2, 0) is 0 Å². The quantitative estimate of drug-likeness (QED) is 0.622. The Morgan fingerprint density at radius 3 is 2.04 bits per heavy atom. The first-order valence-electron chi connectivity index (χ1n) is 8.21. The van der Waals surface area contributed by atoms with Crippen LogP contribution in [0.15, 0.2) is 36.4 Å². The average molecular weight is 357 g/mol. The maximum atomic E-state index is 11.7. The highest BCUT2D eigenvalue weighted by Gasteiger charge is 2.10. The van der Waals surface area contributed by atoms with Crippen LogP contribution in [-0.4, -0.2) is 23.3 Å². The highest BCUT2D eigenvalue weighted by molar-refractivity contribution is 5.89. The van der Waals surface area contributed by atoms with Gasteiger partial charge in [0.25, 0.3) is 0 Å². The molecule has 0 saturated carbocycles. The van der Waals surface area contributed by atoms with E-state index in [1.54, 1.807) is 36.4 Å². The average Bonchev–Trinajstić information content (AvgIpc) is 2.51. The van der Waals surface area contributed by atoms with Crippen LogP contribution >= 0.6 is 0 Å². The molecule has 0 atom stereocenters. The number of urea groups is 1. The highest BCUT2D eigenvalue weighted by atomic mass is 16.5. The lowest BCUT2D eigenvalue weighted by molar-refractivity contribution is 0.209. The van der Waals surface area contributed by atoms with Crippen LogP contribution in [0.1, 0.15) is 25.0 Å². The van der Waals surface area contributed by atoms with Crippen molar-refractivity contribution in [3.8, 4) is 11.5 Å². The van der Waals surface area contributed by atoms with Crippen LogP contribution in [0.25, 0.3) is 0 Å². The molecule has 4 N–H and O–H groups in total. The van der Waals surface area contributed by atoms with E-state index in [0.717, 1.165) is 11.1 Å². The number of hydrogen-bond donors (Lipinski definition) is 4. The van der Waals surface area contributed by atoms with E-state index < -0.39 is 6.09 Å². The van der Waals surface area contributed by atoms with Crippen LogP contribution < -0.4 is 20.7 Å². The monoisotopic (exact) mass is 357 g/mol. The highest BCUT2D eigenvalue weighted by Crippen LogP contribution is 2.32. The Hall–Kier alpha value is -3.22. The number of nitrogens with one attached hydrogen (secondary N) is 3. The molecular weight excluding hydrogens is 334 g/mol. The molecule has 0 aliphatic rings. The van der Waals surface area contributed by atoms with Crippen molar-refractivity contribution in [1.82, 2.24) is 5.32 Å².